The first-order chi connectivity index (χ1) is 20.0. The van der Waals surface area contributed by atoms with E-state index < -0.39 is 21.6 Å². The van der Waals surface area contributed by atoms with Gasteiger partial charge in [0.05, 0.1) is 11.2 Å². The lowest BCUT2D eigenvalue weighted by Gasteiger charge is -2.40. The molecule has 2 aromatic carbocycles. The molecule has 10 nitrogen and oxygen atoms in total. The van der Waals surface area contributed by atoms with Gasteiger partial charge >= 0.3 is 10.4 Å². The summed E-state index contributed by atoms with van der Waals surface area (Å²) < 4.78 is 31.6. The minimum absolute atomic E-state index is 0.114. The van der Waals surface area contributed by atoms with Gasteiger partial charge in [0.25, 0.3) is 0 Å². The SMILES string of the molecule is CN(C)CC(c1ccc(O)cc1)C1(O)CCCCC1.CN(C)CC(c1ccc(O)cc1)C1(O)CCCCC1.O=S(=O)(O)O. The molecule has 2 unspecified atom stereocenters. The van der Waals surface area contributed by atoms with Crippen LogP contribution in [0.1, 0.15) is 87.2 Å². The molecule has 0 radical (unpaired) electrons. The Bertz CT molecular complexity index is 1090. The molecule has 43 heavy (non-hydrogen) atoms. The summed E-state index contributed by atoms with van der Waals surface area (Å²) >= 11 is 0. The van der Waals surface area contributed by atoms with Crippen molar-refractivity contribution in [3.63, 3.8) is 0 Å². The molecule has 11 heteroatoms. The molecule has 2 saturated carbocycles. The first-order valence-electron chi connectivity index (χ1n) is 15.0. The number of rotatable bonds is 8. The predicted molar refractivity (Wildman–Crippen MR) is 169 cm³/mol. The Kier molecular flexibility index (Phi) is 14.4. The minimum Gasteiger partial charge on any atom is -0.508 e. The van der Waals surface area contributed by atoms with Gasteiger partial charge in [0.1, 0.15) is 11.5 Å². The van der Waals surface area contributed by atoms with Crippen LogP contribution in [0, 0.1) is 0 Å². The fourth-order valence-corrected chi connectivity index (χ4v) is 6.34. The Balaban J connectivity index is 0.000000260. The Morgan fingerprint density at radius 2 is 0.860 bits per heavy atom. The lowest BCUT2D eigenvalue weighted by Crippen LogP contribution is -2.42. The number of benzene rings is 2. The number of phenolic OH excluding ortho intramolecular Hbond substituents is 2. The maximum atomic E-state index is 11.0. The van der Waals surface area contributed by atoms with E-state index in [1.165, 1.54) is 12.8 Å². The van der Waals surface area contributed by atoms with Gasteiger partial charge in [-0.05, 0) is 89.3 Å². The number of nitrogens with zero attached hydrogens (tertiary/aromatic N) is 2. The average molecular weight is 625 g/mol. The molecule has 0 saturated heterocycles. The number of phenols is 2. The number of aromatic hydroxyl groups is 2. The third-order valence-corrected chi connectivity index (χ3v) is 8.42. The molecular weight excluding hydrogens is 572 g/mol. The zero-order valence-electron chi connectivity index (χ0n) is 26.1. The van der Waals surface area contributed by atoms with Gasteiger partial charge in [0.15, 0.2) is 0 Å². The molecule has 2 aromatic rings. The van der Waals surface area contributed by atoms with Gasteiger partial charge in [-0.2, -0.15) is 8.42 Å². The summed E-state index contributed by atoms with van der Waals surface area (Å²) in [6.07, 6.45) is 10.4. The zero-order chi connectivity index (χ0) is 32.3. The molecule has 0 aromatic heterocycles. The molecular formula is C32H52N2O8S. The fourth-order valence-electron chi connectivity index (χ4n) is 6.34. The summed E-state index contributed by atoms with van der Waals surface area (Å²) in [5, 5.41) is 40.9. The van der Waals surface area contributed by atoms with E-state index in [1.54, 1.807) is 24.3 Å². The van der Waals surface area contributed by atoms with Crippen LogP contribution in [0.2, 0.25) is 0 Å². The Morgan fingerprint density at radius 1 is 0.605 bits per heavy atom. The van der Waals surface area contributed by atoms with Gasteiger partial charge in [0.2, 0.25) is 0 Å². The topological polar surface area (TPSA) is 162 Å². The van der Waals surface area contributed by atoms with Crippen molar-refractivity contribution >= 4 is 10.4 Å². The molecule has 2 atom stereocenters. The van der Waals surface area contributed by atoms with Crippen LogP contribution in [0.25, 0.3) is 0 Å². The largest absolute Gasteiger partial charge is 0.508 e. The summed E-state index contributed by atoms with van der Waals surface area (Å²) in [6, 6.07) is 14.6. The lowest BCUT2D eigenvalue weighted by atomic mass is 9.72. The standard InChI is InChI=1S/2C16H25NO2.H2O4S/c2*1-17(2)12-15(13-6-8-14(18)9-7-13)16(19)10-4-3-5-11-16;1-5(2,3)4/h2*6-9,15,18-19H,3-5,10-12H2,1-2H3;(H2,1,2,3,4). The molecule has 6 N–H and O–H groups in total. The number of hydrogen-bond donors (Lipinski definition) is 6. The molecule has 0 aliphatic heterocycles. The van der Waals surface area contributed by atoms with Crippen LogP contribution < -0.4 is 0 Å². The van der Waals surface area contributed by atoms with Gasteiger partial charge in [-0.3, -0.25) is 9.11 Å². The predicted octanol–water partition coefficient (Wildman–Crippen LogP) is 4.81. The van der Waals surface area contributed by atoms with Crippen molar-refractivity contribution in [3.8, 4) is 11.5 Å². The molecule has 0 bridgehead atoms. The van der Waals surface area contributed by atoms with E-state index >= 15 is 0 Å². The average Bonchev–Trinajstić information content (AvgIpc) is 2.92. The van der Waals surface area contributed by atoms with E-state index in [9.17, 15) is 20.4 Å². The molecule has 244 valence electrons. The van der Waals surface area contributed by atoms with E-state index in [2.05, 4.69) is 9.80 Å². The van der Waals surface area contributed by atoms with Crippen molar-refractivity contribution in [2.75, 3.05) is 41.3 Å². The summed E-state index contributed by atoms with van der Waals surface area (Å²) in [7, 11) is 3.50. The molecule has 2 aliphatic rings. The monoisotopic (exact) mass is 624 g/mol. The maximum Gasteiger partial charge on any atom is 0.394 e. The molecule has 2 fully saturated rings. The molecule has 0 amide bonds. The van der Waals surface area contributed by atoms with Gasteiger partial charge < -0.3 is 30.2 Å². The van der Waals surface area contributed by atoms with Gasteiger partial charge in [0, 0.05) is 24.9 Å². The second-order valence-corrected chi connectivity index (χ2v) is 13.5. The van der Waals surface area contributed by atoms with Crippen LogP contribution >= 0.6 is 0 Å². The fraction of sp³-hybridized carbons (Fsp3) is 0.625. The van der Waals surface area contributed by atoms with E-state index in [1.807, 2.05) is 52.5 Å². The quantitative estimate of drug-likeness (QED) is 0.225. The summed E-state index contributed by atoms with van der Waals surface area (Å²) in [4.78, 5) is 4.26. The third kappa shape index (κ3) is 13.1. The smallest absolute Gasteiger partial charge is 0.394 e. The first kappa shape index (κ1) is 36.9. The van der Waals surface area contributed by atoms with Crippen molar-refractivity contribution in [1.29, 1.82) is 0 Å². The molecule has 2 aliphatic carbocycles. The number of hydrogen-bond acceptors (Lipinski definition) is 8. The maximum absolute atomic E-state index is 11.0. The van der Waals surface area contributed by atoms with Gasteiger partial charge in [-0.25, -0.2) is 0 Å². The minimum atomic E-state index is -4.67. The number of aliphatic hydroxyl groups is 2. The highest BCUT2D eigenvalue weighted by Crippen LogP contribution is 2.41. The van der Waals surface area contributed by atoms with Crippen LogP contribution in [0.5, 0.6) is 11.5 Å². The zero-order valence-corrected chi connectivity index (χ0v) is 26.9. The van der Waals surface area contributed by atoms with Crippen molar-refractivity contribution < 1.29 is 37.9 Å². The van der Waals surface area contributed by atoms with Crippen LogP contribution in [0.4, 0.5) is 0 Å². The van der Waals surface area contributed by atoms with Gasteiger partial charge in [-0.1, -0.05) is 62.8 Å². The highest BCUT2D eigenvalue weighted by molar-refractivity contribution is 7.79. The molecule has 0 spiro atoms. The van der Waals surface area contributed by atoms with Gasteiger partial charge in [-0.15, -0.1) is 0 Å². The second kappa shape index (κ2) is 16.7. The first-order valence-corrected chi connectivity index (χ1v) is 16.4. The summed E-state index contributed by atoms with van der Waals surface area (Å²) in [6.45, 7) is 1.67. The second-order valence-electron chi connectivity index (χ2n) is 12.6. The van der Waals surface area contributed by atoms with Crippen molar-refractivity contribution in [2.45, 2.75) is 87.2 Å². The Morgan fingerprint density at radius 3 is 1.09 bits per heavy atom. The van der Waals surface area contributed by atoms with Crippen LogP contribution in [0.3, 0.4) is 0 Å². The van der Waals surface area contributed by atoms with E-state index in [-0.39, 0.29) is 23.3 Å². The lowest BCUT2D eigenvalue weighted by molar-refractivity contribution is -0.0280. The molecule has 4 rings (SSSR count). The highest BCUT2D eigenvalue weighted by atomic mass is 32.3. The van der Waals surface area contributed by atoms with E-state index in [4.69, 9.17) is 17.5 Å². The van der Waals surface area contributed by atoms with E-state index in [0.29, 0.717) is 0 Å². The van der Waals surface area contributed by atoms with Crippen LogP contribution in [0.15, 0.2) is 48.5 Å². The Hall–Kier alpha value is -2.25. The van der Waals surface area contributed by atoms with Crippen molar-refractivity contribution in [3.05, 3.63) is 59.7 Å². The third-order valence-electron chi connectivity index (χ3n) is 8.42. The summed E-state index contributed by atoms with van der Waals surface area (Å²) in [5.74, 6) is 0.790. The van der Waals surface area contributed by atoms with Crippen LogP contribution in [-0.4, -0.2) is 100 Å². The highest BCUT2D eigenvalue weighted by Gasteiger charge is 2.40. The normalized spacial score (nSPS) is 19.4. The van der Waals surface area contributed by atoms with Crippen molar-refractivity contribution in [1.82, 2.24) is 9.80 Å². The number of likely N-dealkylation sites (N-methyl/N-ethyl adjacent to an activating group) is 2. The van der Waals surface area contributed by atoms with Crippen molar-refractivity contribution in [2.24, 2.45) is 0 Å². The summed E-state index contributed by atoms with van der Waals surface area (Å²) in [5.41, 5.74) is 1.05. The van der Waals surface area contributed by atoms with Crippen LogP contribution in [-0.2, 0) is 10.4 Å². The molecule has 0 heterocycles. The van der Waals surface area contributed by atoms with E-state index in [0.717, 1.165) is 75.6 Å². The Labute approximate surface area is 257 Å².